The molecule has 100 valence electrons. The zero-order chi connectivity index (χ0) is 13.4. The Kier molecular flexibility index (Phi) is 6.14. The molecule has 0 bridgehead atoms. The summed E-state index contributed by atoms with van der Waals surface area (Å²) in [6.07, 6.45) is 4.45. The molecule has 5 heteroatoms. The van der Waals surface area contributed by atoms with Crippen molar-refractivity contribution in [1.29, 1.82) is 0 Å². The average molecular weight is 252 g/mol. The lowest BCUT2D eigenvalue weighted by Crippen LogP contribution is -2.16. The molecular formula is C13H20N2O3. The van der Waals surface area contributed by atoms with Crippen LogP contribution in [-0.4, -0.2) is 34.3 Å². The van der Waals surface area contributed by atoms with Gasteiger partial charge in [-0.05, 0) is 30.9 Å². The molecule has 1 atom stereocenters. The highest BCUT2D eigenvalue weighted by Gasteiger charge is 2.08. The van der Waals surface area contributed by atoms with Crippen LogP contribution in [0.4, 0.5) is 5.69 Å². The van der Waals surface area contributed by atoms with Crippen molar-refractivity contribution in [2.24, 2.45) is 5.92 Å². The smallest absolute Gasteiger partial charge is 0.354 e. The summed E-state index contributed by atoms with van der Waals surface area (Å²) >= 11 is 0. The maximum absolute atomic E-state index is 10.6. The number of aliphatic hydroxyl groups excluding tert-OH is 1. The van der Waals surface area contributed by atoms with Crippen LogP contribution in [0.15, 0.2) is 18.3 Å². The van der Waals surface area contributed by atoms with Crippen LogP contribution in [0, 0.1) is 5.92 Å². The predicted molar refractivity (Wildman–Crippen MR) is 69.8 cm³/mol. The van der Waals surface area contributed by atoms with Crippen molar-refractivity contribution in [2.45, 2.75) is 26.2 Å². The van der Waals surface area contributed by atoms with Crippen LogP contribution in [0.3, 0.4) is 0 Å². The molecule has 1 aromatic rings. The highest BCUT2D eigenvalue weighted by atomic mass is 16.4. The van der Waals surface area contributed by atoms with Gasteiger partial charge >= 0.3 is 5.97 Å². The Morgan fingerprint density at radius 3 is 2.72 bits per heavy atom. The Hall–Kier alpha value is -1.62. The van der Waals surface area contributed by atoms with Crippen LogP contribution in [0.2, 0.25) is 0 Å². The molecule has 0 aliphatic carbocycles. The molecule has 0 amide bonds. The summed E-state index contributed by atoms with van der Waals surface area (Å²) in [6.45, 7) is 3.08. The zero-order valence-electron chi connectivity index (χ0n) is 10.6. The molecule has 1 aromatic heterocycles. The average Bonchev–Trinajstić information content (AvgIpc) is 2.37. The molecule has 0 radical (unpaired) electrons. The summed E-state index contributed by atoms with van der Waals surface area (Å²) in [4.78, 5) is 14.5. The lowest BCUT2D eigenvalue weighted by atomic mass is 10.0. The molecule has 0 fully saturated rings. The molecule has 0 spiro atoms. The predicted octanol–water partition coefficient (Wildman–Crippen LogP) is 1.99. The van der Waals surface area contributed by atoms with Gasteiger partial charge in [-0.2, -0.15) is 0 Å². The van der Waals surface area contributed by atoms with E-state index in [4.69, 9.17) is 10.2 Å². The number of aliphatic hydroxyl groups is 1. The van der Waals surface area contributed by atoms with Crippen LogP contribution in [0.1, 0.15) is 36.7 Å². The van der Waals surface area contributed by atoms with Gasteiger partial charge < -0.3 is 15.5 Å². The van der Waals surface area contributed by atoms with Crippen molar-refractivity contribution >= 4 is 11.7 Å². The van der Waals surface area contributed by atoms with Gasteiger partial charge in [0.05, 0.1) is 11.9 Å². The molecule has 0 aliphatic rings. The Balaban J connectivity index is 2.48. The van der Waals surface area contributed by atoms with E-state index >= 15 is 0 Å². The fourth-order valence-electron chi connectivity index (χ4n) is 1.83. The van der Waals surface area contributed by atoms with E-state index in [9.17, 15) is 4.79 Å². The van der Waals surface area contributed by atoms with Gasteiger partial charge in [0.1, 0.15) is 5.69 Å². The second kappa shape index (κ2) is 7.66. The maximum atomic E-state index is 10.6. The van der Waals surface area contributed by atoms with Crippen LogP contribution in [-0.2, 0) is 0 Å². The highest BCUT2D eigenvalue weighted by molar-refractivity contribution is 5.85. The van der Waals surface area contributed by atoms with Crippen molar-refractivity contribution in [3.63, 3.8) is 0 Å². The van der Waals surface area contributed by atoms with E-state index in [-0.39, 0.29) is 12.3 Å². The van der Waals surface area contributed by atoms with E-state index < -0.39 is 5.97 Å². The normalized spacial score (nSPS) is 12.1. The molecule has 5 nitrogen and oxygen atoms in total. The Morgan fingerprint density at radius 2 is 2.22 bits per heavy atom. The summed E-state index contributed by atoms with van der Waals surface area (Å²) in [6, 6.07) is 3.18. The highest BCUT2D eigenvalue weighted by Crippen LogP contribution is 2.13. The van der Waals surface area contributed by atoms with Gasteiger partial charge in [0, 0.05) is 13.2 Å². The summed E-state index contributed by atoms with van der Waals surface area (Å²) in [5.74, 6) is -0.593. The number of nitrogens with one attached hydrogen (secondary N) is 1. The Labute approximate surface area is 107 Å². The minimum atomic E-state index is -1.02. The van der Waals surface area contributed by atoms with Gasteiger partial charge in [-0.1, -0.05) is 13.3 Å². The lowest BCUT2D eigenvalue weighted by molar-refractivity contribution is 0.0690. The number of aromatic carboxylic acids is 1. The summed E-state index contributed by atoms with van der Waals surface area (Å²) in [5, 5.41) is 20.9. The number of aromatic nitrogens is 1. The molecular weight excluding hydrogens is 232 g/mol. The molecule has 18 heavy (non-hydrogen) atoms. The zero-order valence-corrected chi connectivity index (χ0v) is 10.6. The van der Waals surface area contributed by atoms with Gasteiger partial charge in [0.25, 0.3) is 0 Å². The standard InChI is InChI=1S/C13H20N2O3/c1-2-3-10(6-7-16)8-14-11-4-5-12(13(17)18)15-9-11/h4-5,9-10,14,16H,2-3,6-8H2,1H3,(H,17,18). The van der Waals surface area contributed by atoms with Crippen LogP contribution >= 0.6 is 0 Å². The van der Waals surface area contributed by atoms with E-state index in [0.29, 0.717) is 5.92 Å². The number of carbonyl (C=O) groups is 1. The summed E-state index contributed by atoms with van der Waals surface area (Å²) in [5.41, 5.74) is 0.847. The van der Waals surface area contributed by atoms with E-state index in [0.717, 1.165) is 31.5 Å². The first kappa shape index (κ1) is 14.4. The number of pyridine rings is 1. The number of carboxylic acid groups (broad SMARTS) is 1. The third kappa shape index (κ3) is 4.71. The summed E-state index contributed by atoms with van der Waals surface area (Å²) in [7, 11) is 0. The lowest BCUT2D eigenvalue weighted by Gasteiger charge is -2.16. The van der Waals surface area contributed by atoms with Gasteiger partial charge in [0.2, 0.25) is 0 Å². The van der Waals surface area contributed by atoms with Gasteiger partial charge in [-0.15, -0.1) is 0 Å². The quantitative estimate of drug-likeness (QED) is 0.659. The van der Waals surface area contributed by atoms with Crippen molar-refractivity contribution in [3.8, 4) is 0 Å². The second-order valence-corrected chi connectivity index (χ2v) is 4.29. The number of hydrogen-bond donors (Lipinski definition) is 3. The molecule has 0 saturated carbocycles. The van der Waals surface area contributed by atoms with Crippen molar-refractivity contribution in [2.75, 3.05) is 18.5 Å². The van der Waals surface area contributed by atoms with Gasteiger partial charge in [-0.3, -0.25) is 0 Å². The molecule has 0 aromatic carbocycles. The van der Waals surface area contributed by atoms with E-state index in [2.05, 4.69) is 17.2 Å². The summed E-state index contributed by atoms with van der Waals surface area (Å²) < 4.78 is 0. The molecule has 0 saturated heterocycles. The van der Waals surface area contributed by atoms with Gasteiger partial charge in [0.15, 0.2) is 0 Å². The molecule has 1 rings (SSSR count). The molecule has 1 unspecified atom stereocenters. The second-order valence-electron chi connectivity index (χ2n) is 4.29. The van der Waals surface area contributed by atoms with Crippen LogP contribution in [0.5, 0.6) is 0 Å². The van der Waals surface area contributed by atoms with Crippen molar-refractivity contribution in [3.05, 3.63) is 24.0 Å². The monoisotopic (exact) mass is 252 g/mol. The first-order valence-electron chi connectivity index (χ1n) is 6.21. The van der Waals surface area contributed by atoms with Crippen molar-refractivity contribution in [1.82, 2.24) is 4.98 Å². The number of nitrogens with zero attached hydrogens (tertiary/aromatic N) is 1. The fraction of sp³-hybridized carbons (Fsp3) is 0.538. The third-order valence-electron chi connectivity index (χ3n) is 2.81. The van der Waals surface area contributed by atoms with Crippen LogP contribution < -0.4 is 5.32 Å². The number of carboxylic acids is 1. The third-order valence-corrected chi connectivity index (χ3v) is 2.81. The largest absolute Gasteiger partial charge is 0.477 e. The number of hydrogen-bond acceptors (Lipinski definition) is 4. The number of rotatable bonds is 8. The topological polar surface area (TPSA) is 82.5 Å². The van der Waals surface area contributed by atoms with Crippen LogP contribution in [0.25, 0.3) is 0 Å². The first-order valence-corrected chi connectivity index (χ1v) is 6.21. The molecule has 3 N–H and O–H groups in total. The van der Waals surface area contributed by atoms with Gasteiger partial charge in [-0.25, -0.2) is 9.78 Å². The Morgan fingerprint density at radius 1 is 1.44 bits per heavy atom. The van der Waals surface area contributed by atoms with E-state index in [1.807, 2.05) is 0 Å². The first-order chi connectivity index (χ1) is 8.67. The SMILES string of the molecule is CCCC(CCO)CNc1ccc(C(=O)O)nc1. The number of anilines is 1. The molecule has 0 aliphatic heterocycles. The van der Waals surface area contributed by atoms with E-state index in [1.54, 1.807) is 6.07 Å². The Bertz CT molecular complexity index is 359. The minimum absolute atomic E-state index is 0.0426. The maximum Gasteiger partial charge on any atom is 0.354 e. The molecule has 1 heterocycles. The van der Waals surface area contributed by atoms with E-state index in [1.165, 1.54) is 12.3 Å². The minimum Gasteiger partial charge on any atom is -0.477 e. The van der Waals surface area contributed by atoms with Crippen molar-refractivity contribution < 1.29 is 15.0 Å². The fourth-order valence-corrected chi connectivity index (χ4v) is 1.83.